The summed E-state index contributed by atoms with van der Waals surface area (Å²) in [7, 11) is 0. The standard InChI is InChI=1S/C18H26N4O2/c1-14(2)13-22-17(9-10-19-22)20-18(23)21-11-5-3-4-7-15(21)16-8-6-12-24-16/h6,8-10,12,14-15H,3-5,7,11,13H2,1-2H3,(H,20,23). The summed E-state index contributed by atoms with van der Waals surface area (Å²) in [4.78, 5) is 14.8. The van der Waals surface area contributed by atoms with Crippen molar-refractivity contribution in [3.63, 3.8) is 0 Å². The number of anilines is 1. The van der Waals surface area contributed by atoms with E-state index in [4.69, 9.17) is 4.42 Å². The van der Waals surface area contributed by atoms with Gasteiger partial charge in [-0.25, -0.2) is 9.48 Å². The SMILES string of the molecule is CC(C)Cn1nccc1NC(=O)N1CCCCCC1c1ccco1. The molecule has 1 fully saturated rings. The van der Waals surface area contributed by atoms with Crippen molar-refractivity contribution in [2.45, 2.75) is 52.1 Å². The molecule has 0 bridgehead atoms. The average molecular weight is 330 g/mol. The van der Waals surface area contributed by atoms with E-state index in [0.717, 1.165) is 50.4 Å². The molecule has 2 aromatic rings. The second-order valence-electron chi connectivity index (χ2n) is 6.80. The van der Waals surface area contributed by atoms with E-state index in [0.29, 0.717) is 5.92 Å². The summed E-state index contributed by atoms with van der Waals surface area (Å²) < 4.78 is 7.43. The lowest BCUT2D eigenvalue weighted by Gasteiger charge is -2.28. The Hall–Kier alpha value is -2.24. The van der Waals surface area contributed by atoms with Crippen LogP contribution in [0.25, 0.3) is 0 Å². The fourth-order valence-electron chi connectivity index (χ4n) is 3.24. The number of hydrogen-bond acceptors (Lipinski definition) is 3. The molecule has 6 nitrogen and oxygen atoms in total. The first-order chi connectivity index (χ1) is 11.6. The first-order valence-corrected chi connectivity index (χ1v) is 8.78. The zero-order valence-corrected chi connectivity index (χ0v) is 14.4. The molecule has 2 amide bonds. The quantitative estimate of drug-likeness (QED) is 0.910. The van der Waals surface area contributed by atoms with E-state index in [1.165, 1.54) is 0 Å². The summed E-state index contributed by atoms with van der Waals surface area (Å²) in [6.45, 7) is 5.80. The fraction of sp³-hybridized carbons (Fsp3) is 0.556. The summed E-state index contributed by atoms with van der Waals surface area (Å²) in [6, 6.07) is 5.61. The molecule has 0 aromatic carbocycles. The zero-order chi connectivity index (χ0) is 16.9. The van der Waals surface area contributed by atoms with E-state index in [1.807, 2.05) is 27.8 Å². The Bertz CT molecular complexity index is 648. The summed E-state index contributed by atoms with van der Waals surface area (Å²) >= 11 is 0. The number of urea groups is 1. The Morgan fingerprint density at radius 3 is 3.00 bits per heavy atom. The van der Waals surface area contributed by atoms with Crippen LogP contribution in [0.5, 0.6) is 0 Å². The summed E-state index contributed by atoms with van der Waals surface area (Å²) in [6.07, 6.45) is 7.62. The molecule has 1 aliphatic rings. The number of carbonyl (C=O) groups is 1. The molecule has 1 unspecified atom stereocenters. The van der Waals surface area contributed by atoms with Gasteiger partial charge in [-0.1, -0.05) is 26.7 Å². The number of nitrogens with one attached hydrogen (secondary N) is 1. The lowest BCUT2D eigenvalue weighted by molar-refractivity contribution is 0.179. The molecule has 1 saturated heterocycles. The highest BCUT2D eigenvalue weighted by Gasteiger charge is 2.29. The Morgan fingerprint density at radius 1 is 1.38 bits per heavy atom. The number of nitrogens with zero attached hydrogens (tertiary/aromatic N) is 3. The minimum absolute atomic E-state index is 0.00368. The number of hydrogen-bond donors (Lipinski definition) is 1. The van der Waals surface area contributed by atoms with Crippen LogP contribution >= 0.6 is 0 Å². The van der Waals surface area contributed by atoms with E-state index >= 15 is 0 Å². The van der Waals surface area contributed by atoms with Crippen LogP contribution in [0.2, 0.25) is 0 Å². The van der Waals surface area contributed by atoms with E-state index in [-0.39, 0.29) is 12.1 Å². The maximum absolute atomic E-state index is 12.9. The van der Waals surface area contributed by atoms with Crippen LogP contribution < -0.4 is 5.32 Å². The molecule has 2 aromatic heterocycles. The topological polar surface area (TPSA) is 63.3 Å². The molecule has 0 aliphatic carbocycles. The molecular weight excluding hydrogens is 304 g/mol. The van der Waals surface area contributed by atoms with Gasteiger partial charge in [-0.2, -0.15) is 5.10 Å². The second-order valence-corrected chi connectivity index (χ2v) is 6.80. The van der Waals surface area contributed by atoms with E-state index < -0.39 is 0 Å². The van der Waals surface area contributed by atoms with Crippen LogP contribution in [0, 0.1) is 5.92 Å². The van der Waals surface area contributed by atoms with Gasteiger partial charge in [-0.05, 0) is 30.9 Å². The molecular formula is C18H26N4O2. The van der Waals surface area contributed by atoms with Crippen LogP contribution in [0.4, 0.5) is 10.6 Å². The molecule has 3 rings (SSSR count). The van der Waals surface area contributed by atoms with Crippen molar-refractivity contribution in [1.82, 2.24) is 14.7 Å². The first kappa shape index (κ1) is 16.6. The van der Waals surface area contributed by atoms with E-state index in [9.17, 15) is 4.79 Å². The Kier molecular flexibility index (Phi) is 5.23. The smallest absolute Gasteiger partial charge is 0.323 e. The van der Waals surface area contributed by atoms with Crippen molar-refractivity contribution in [1.29, 1.82) is 0 Å². The van der Waals surface area contributed by atoms with Gasteiger partial charge in [0.25, 0.3) is 0 Å². The molecule has 130 valence electrons. The highest BCUT2D eigenvalue weighted by Crippen LogP contribution is 2.31. The van der Waals surface area contributed by atoms with Gasteiger partial charge in [0.2, 0.25) is 0 Å². The third kappa shape index (κ3) is 3.80. The van der Waals surface area contributed by atoms with Gasteiger partial charge in [0.05, 0.1) is 18.5 Å². The van der Waals surface area contributed by atoms with Gasteiger partial charge in [0.1, 0.15) is 11.6 Å². The summed E-state index contributed by atoms with van der Waals surface area (Å²) in [5, 5.41) is 7.34. The number of likely N-dealkylation sites (tertiary alicyclic amines) is 1. The second kappa shape index (κ2) is 7.55. The Balaban J connectivity index is 1.75. The predicted octanol–water partition coefficient (Wildman–Crippen LogP) is 4.28. The number of aromatic nitrogens is 2. The minimum Gasteiger partial charge on any atom is -0.467 e. The largest absolute Gasteiger partial charge is 0.467 e. The van der Waals surface area contributed by atoms with Crippen molar-refractivity contribution in [2.24, 2.45) is 5.92 Å². The van der Waals surface area contributed by atoms with Crippen molar-refractivity contribution in [2.75, 3.05) is 11.9 Å². The lowest BCUT2D eigenvalue weighted by Crippen LogP contribution is -2.38. The van der Waals surface area contributed by atoms with Gasteiger partial charge in [0.15, 0.2) is 0 Å². The lowest BCUT2D eigenvalue weighted by atomic mass is 10.1. The number of amides is 2. The molecule has 1 aliphatic heterocycles. The van der Waals surface area contributed by atoms with Crippen molar-refractivity contribution in [3.8, 4) is 0 Å². The molecule has 1 N–H and O–H groups in total. The van der Waals surface area contributed by atoms with Gasteiger partial charge >= 0.3 is 6.03 Å². The van der Waals surface area contributed by atoms with Crippen molar-refractivity contribution in [3.05, 3.63) is 36.4 Å². The van der Waals surface area contributed by atoms with Crippen LogP contribution in [-0.4, -0.2) is 27.3 Å². The highest BCUT2D eigenvalue weighted by molar-refractivity contribution is 5.88. The van der Waals surface area contributed by atoms with E-state index in [1.54, 1.807) is 12.5 Å². The predicted molar refractivity (Wildman–Crippen MR) is 92.7 cm³/mol. The van der Waals surface area contributed by atoms with Crippen molar-refractivity contribution < 1.29 is 9.21 Å². The molecule has 24 heavy (non-hydrogen) atoms. The Morgan fingerprint density at radius 2 is 2.25 bits per heavy atom. The Labute approximate surface area is 142 Å². The normalized spacial score (nSPS) is 18.6. The molecule has 0 radical (unpaired) electrons. The van der Waals surface area contributed by atoms with E-state index in [2.05, 4.69) is 24.3 Å². The maximum Gasteiger partial charge on any atom is 0.323 e. The zero-order valence-electron chi connectivity index (χ0n) is 14.4. The third-order valence-electron chi connectivity index (χ3n) is 4.37. The van der Waals surface area contributed by atoms with Crippen LogP contribution in [0.15, 0.2) is 35.1 Å². The van der Waals surface area contributed by atoms with Gasteiger partial charge < -0.3 is 9.32 Å². The third-order valence-corrected chi connectivity index (χ3v) is 4.37. The fourth-order valence-corrected chi connectivity index (χ4v) is 3.24. The van der Waals surface area contributed by atoms with Crippen molar-refractivity contribution >= 4 is 11.8 Å². The van der Waals surface area contributed by atoms with Gasteiger partial charge in [0, 0.05) is 19.2 Å². The average Bonchev–Trinajstić information content (AvgIpc) is 3.15. The monoisotopic (exact) mass is 330 g/mol. The van der Waals surface area contributed by atoms with Gasteiger partial charge in [-0.3, -0.25) is 5.32 Å². The first-order valence-electron chi connectivity index (χ1n) is 8.78. The number of furan rings is 1. The van der Waals surface area contributed by atoms with Crippen LogP contribution in [0.3, 0.4) is 0 Å². The molecule has 1 atom stereocenters. The molecule has 0 spiro atoms. The highest BCUT2D eigenvalue weighted by atomic mass is 16.3. The minimum atomic E-state index is -0.0798. The summed E-state index contributed by atoms with van der Waals surface area (Å²) in [5.41, 5.74) is 0. The number of carbonyl (C=O) groups excluding carboxylic acids is 1. The van der Waals surface area contributed by atoms with Gasteiger partial charge in [-0.15, -0.1) is 0 Å². The molecule has 0 saturated carbocycles. The van der Waals surface area contributed by atoms with Crippen LogP contribution in [0.1, 0.15) is 51.3 Å². The molecule has 3 heterocycles. The number of rotatable bonds is 4. The maximum atomic E-state index is 12.9. The summed E-state index contributed by atoms with van der Waals surface area (Å²) in [5.74, 6) is 2.08. The molecule has 6 heteroatoms. The van der Waals surface area contributed by atoms with Crippen LogP contribution in [-0.2, 0) is 6.54 Å².